The number of nitrogens with one attached hydrogen (secondary N) is 2. The van der Waals surface area contributed by atoms with Crippen LogP contribution in [0.1, 0.15) is 0 Å². The molecule has 0 unspecified atom stereocenters. The molecule has 0 aromatic rings. The second-order valence-electron chi connectivity index (χ2n) is 1.57. The summed E-state index contributed by atoms with van der Waals surface area (Å²) in [5.74, 6) is -3.07. The average molecular weight is 158 g/mol. The van der Waals surface area contributed by atoms with E-state index < -0.39 is 17.6 Å². The predicted octanol–water partition coefficient (Wildman–Crippen LogP) is -1.91. The van der Waals surface area contributed by atoms with Gasteiger partial charge in [-0.15, -0.1) is 0 Å². The highest BCUT2D eigenvalue weighted by atomic mass is 32.1. The number of ketones is 1. The summed E-state index contributed by atoms with van der Waals surface area (Å²) in [5.41, 5.74) is 0. The second-order valence-corrected chi connectivity index (χ2v) is 1.97. The van der Waals surface area contributed by atoms with E-state index in [9.17, 15) is 14.4 Å². The van der Waals surface area contributed by atoms with Crippen LogP contribution in [0.25, 0.3) is 0 Å². The van der Waals surface area contributed by atoms with Crippen LogP contribution in [0.3, 0.4) is 0 Å². The zero-order valence-corrected chi connectivity index (χ0v) is 5.45. The van der Waals surface area contributed by atoms with Gasteiger partial charge in [-0.2, -0.15) is 0 Å². The molecule has 6 heteroatoms. The van der Waals surface area contributed by atoms with Gasteiger partial charge >= 0.3 is 17.6 Å². The van der Waals surface area contributed by atoms with E-state index >= 15 is 0 Å². The Kier molecular flexibility index (Phi) is 1.46. The van der Waals surface area contributed by atoms with Crippen molar-refractivity contribution in [2.45, 2.75) is 0 Å². The summed E-state index contributed by atoms with van der Waals surface area (Å²) in [5, 5.41) is 3.81. The van der Waals surface area contributed by atoms with Gasteiger partial charge in [0.05, 0.1) is 0 Å². The Morgan fingerprint density at radius 2 is 1.40 bits per heavy atom. The van der Waals surface area contributed by atoms with Crippen LogP contribution in [-0.4, -0.2) is 22.7 Å². The molecule has 0 aliphatic carbocycles. The van der Waals surface area contributed by atoms with Crippen LogP contribution < -0.4 is 10.6 Å². The largest absolute Gasteiger partial charge is 0.307 e. The monoisotopic (exact) mass is 158 g/mol. The quantitative estimate of drug-likeness (QED) is 0.318. The lowest BCUT2D eigenvalue weighted by atomic mass is 10.3. The van der Waals surface area contributed by atoms with Crippen molar-refractivity contribution in [3.8, 4) is 0 Å². The van der Waals surface area contributed by atoms with Crippen LogP contribution in [0.5, 0.6) is 0 Å². The highest BCUT2D eigenvalue weighted by Gasteiger charge is 2.29. The van der Waals surface area contributed by atoms with E-state index in [1.165, 1.54) is 0 Å². The topological polar surface area (TPSA) is 75.3 Å². The molecular formula is C4H2N2O3S. The molecule has 1 heterocycles. The molecule has 0 atom stereocenters. The van der Waals surface area contributed by atoms with E-state index in [2.05, 4.69) is 12.2 Å². The fraction of sp³-hybridized carbons (Fsp3) is 0. The molecule has 1 rings (SSSR count). The maximum atomic E-state index is 10.4. The van der Waals surface area contributed by atoms with E-state index in [-0.39, 0.29) is 5.11 Å². The molecule has 0 aromatic carbocycles. The van der Waals surface area contributed by atoms with Crippen LogP contribution in [-0.2, 0) is 14.4 Å². The van der Waals surface area contributed by atoms with Crippen LogP contribution in [0.4, 0.5) is 0 Å². The lowest BCUT2D eigenvalue weighted by Crippen LogP contribution is -2.56. The van der Waals surface area contributed by atoms with Crippen molar-refractivity contribution in [1.29, 1.82) is 0 Å². The SMILES string of the molecule is O=C1NC(=S)NC(=O)C1=O. The van der Waals surface area contributed by atoms with Crippen molar-refractivity contribution >= 4 is 34.9 Å². The van der Waals surface area contributed by atoms with Gasteiger partial charge in [0.25, 0.3) is 0 Å². The Hall–Kier alpha value is -1.30. The number of rotatable bonds is 0. The van der Waals surface area contributed by atoms with E-state index in [0.29, 0.717) is 0 Å². The first-order chi connectivity index (χ1) is 4.61. The van der Waals surface area contributed by atoms with E-state index in [1.807, 2.05) is 10.6 Å². The summed E-state index contributed by atoms with van der Waals surface area (Å²) in [6, 6.07) is 0. The molecule has 0 spiro atoms. The molecule has 0 bridgehead atoms. The third-order valence-corrected chi connectivity index (χ3v) is 1.07. The van der Waals surface area contributed by atoms with Gasteiger partial charge in [0.1, 0.15) is 0 Å². The Morgan fingerprint density at radius 3 is 1.80 bits per heavy atom. The molecule has 10 heavy (non-hydrogen) atoms. The number of amides is 2. The van der Waals surface area contributed by atoms with Gasteiger partial charge in [-0.05, 0) is 12.2 Å². The highest BCUT2D eigenvalue weighted by Crippen LogP contribution is 1.82. The van der Waals surface area contributed by atoms with Crippen molar-refractivity contribution in [3.63, 3.8) is 0 Å². The molecule has 0 aromatic heterocycles. The van der Waals surface area contributed by atoms with Crippen LogP contribution in [0.2, 0.25) is 0 Å². The van der Waals surface area contributed by atoms with Gasteiger partial charge in [0.15, 0.2) is 5.11 Å². The third kappa shape index (κ3) is 1.01. The van der Waals surface area contributed by atoms with Crippen molar-refractivity contribution in [2.24, 2.45) is 0 Å². The van der Waals surface area contributed by atoms with Gasteiger partial charge in [-0.1, -0.05) is 0 Å². The summed E-state index contributed by atoms with van der Waals surface area (Å²) >= 11 is 4.40. The predicted molar refractivity (Wildman–Crippen MR) is 33.9 cm³/mol. The minimum atomic E-state index is -1.12. The summed E-state index contributed by atoms with van der Waals surface area (Å²) in [6.45, 7) is 0. The summed E-state index contributed by atoms with van der Waals surface area (Å²) < 4.78 is 0. The van der Waals surface area contributed by atoms with Crippen LogP contribution in [0.15, 0.2) is 0 Å². The second kappa shape index (κ2) is 2.14. The highest BCUT2D eigenvalue weighted by molar-refractivity contribution is 7.80. The standard InChI is InChI=1S/C4H2N2O3S/c7-1-2(8)5-4(10)6-3(1)9/h(H2,5,6,8,9,10). The molecule has 5 nitrogen and oxygen atoms in total. The van der Waals surface area contributed by atoms with Crippen LogP contribution >= 0.6 is 12.2 Å². The van der Waals surface area contributed by atoms with Gasteiger partial charge in [0, 0.05) is 0 Å². The molecule has 1 saturated heterocycles. The Morgan fingerprint density at radius 1 is 1.00 bits per heavy atom. The number of Topliss-reactive ketones (excluding diaryl/α,β-unsaturated/α-hetero) is 1. The van der Waals surface area contributed by atoms with Crippen molar-refractivity contribution in [3.05, 3.63) is 0 Å². The molecule has 1 aliphatic rings. The molecule has 1 aliphatic heterocycles. The van der Waals surface area contributed by atoms with E-state index in [1.54, 1.807) is 0 Å². The first-order valence-electron chi connectivity index (χ1n) is 2.32. The smallest absolute Gasteiger partial charge is 0.296 e. The van der Waals surface area contributed by atoms with Gasteiger partial charge in [-0.3, -0.25) is 25.0 Å². The number of hydrogen-bond acceptors (Lipinski definition) is 4. The van der Waals surface area contributed by atoms with E-state index in [4.69, 9.17) is 0 Å². The van der Waals surface area contributed by atoms with Gasteiger partial charge < -0.3 is 0 Å². The van der Waals surface area contributed by atoms with Gasteiger partial charge in [0.2, 0.25) is 0 Å². The number of thiocarbonyl (C=S) groups is 1. The molecular weight excluding hydrogens is 156 g/mol. The molecule has 2 amide bonds. The Bertz CT molecular complexity index is 225. The fourth-order valence-corrected chi connectivity index (χ4v) is 0.640. The molecule has 0 saturated carbocycles. The first kappa shape index (κ1) is 6.81. The Labute approximate surface area is 60.8 Å². The molecule has 52 valence electrons. The van der Waals surface area contributed by atoms with Crippen LogP contribution in [0, 0.1) is 0 Å². The van der Waals surface area contributed by atoms with Gasteiger partial charge in [-0.25, -0.2) is 0 Å². The number of carbonyl (C=O) groups is 3. The maximum absolute atomic E-state index is 10.4. The van der Waals surface area contributed by atoms with Crippen molar-refractivity contribution in [2.75, 3.05) is 0 Å². The molecule has 2 N–H and O–H groups in total. The minimum absolute atomic E-state index is 0.130. The van der Waals surface area contributed by atoms with Crippen molar-refractivity contribution < 1.29 is 14.4 Å². The zero-order valence-electron chi connectivity index (χ0n) is 4.63. The van der Waals surface area contributed by atoms with Crippen molar-refractivity contribution in [1.82, 2.24) is 10.6 Å². The maximum Gasteiger partial charge on any atom is 0.307 e. The number of carbonyl (C=O) groups excluding carboxylic acids is 3. The lowest BCUT2D eigenvalue weighted by molar-refractivity contribution is -0.145. The lowest BCUT2D eigenvalue weighted by Gasteiger charge is -2.10. The molecule has 1 fully saturated rings. The first-order valence-corrected chi connectivity index (χ1v) is 2.72. The molecule has 0 radical (unpaired) electrons. The zero-order chi connectivity index (χ0) is 7.72. The normalized spacial score (nSPS) is 18.4. The summed E-state index contributed by atoms with van der Waals surface area (Å²) in [4.78, 5) is 31.2. The number of hydrogen-bond donors (Lipinski definition) is 2. The third-order valence-electron chi connectivity index (χ3n) is 0.867. The minimum Gasteiger partial charge on any atom is -0.296 e. The summed E-state index contributed by atoms with van der Waals surface area (Å²) in [6.07, 6.45) is 0. The summed E-state index contributed by atoms with van der Waals surface area (Å²) in [7, 11) is 0. The Balaban J connectivity index is 2.86. The fourth-order valence-electron chi connectivity index (χ4n) is 0.454. The van der Waals surface area contributed by atoms with E-state index in [0.717, 1.165) is 0 Å². The average Bonchev–Trinajstić information content (AvgIpc) is 1.82.